The fourth-order valence-corrected chi connectivity index (χ4v) is 3.41. The van der Waals surface area contributed by atoms with E-state index in [0.717, 1.165) is 28.2 Å². The topological polar surface area (TPSA) is 71.1 Å². The lowest BCUT2D eigenvalue weighted by Gasteiger charge is -2.25. The fourth-order valence-electron chi connectivity index (χ4n) is 3.41. The van der Waals surface area contributed by atoms with Gasteiger partial charge in [-0.1, -0.05) is 45.0 Å². The molecule has 0 atom stereocenters. The van der Waals surface area contributed by atoms with Crippen LogP contribution in [0.3, 0.4) is 0 Å². The molecule has 0 unspecified atom stereocenters. The van der Waals surface area contributed by atoms with Gasteiger partial charge in [0.25, 0.3) is 0 Å². The molecule has 178 valence electrons. The van der Waals surface area contributed by atoms with Gasteiger partial charge in [-0.05, 0) is 52.9 Å². The average Bonchev–Trinajstić information content (AvgIpc) is 2.85. The summed E-state index contributed by atoms with van der Waals surface area (Å²) in [6.45, 7) is 6.39. The van der Waals surface area contributed by atoms with Crippen LogP contribution in [0, 0.1) is 0 Å². The average molecular weight is 463 g/mol. The van der Waals surface area contributed by atoms with E-state index in [9.17, 15) is 9.59 Å². The number of ether oxygens (including phenoxy) is 4. The van der Waals surface area contributed by atoms with Crippen molar-refractivity contribution in [1.82, 2.24) is 0 Å². The maximum atomic E-state index is 12.8. The summed E-state index contributed by atoms with van der Waals surface area (Å²) in [4.78, 5) is 24.8. The highest BCUT2D eigenvalue weighted by Gasteiger charge is 2.25. The molecule has 3 rings (SSSR count). The van der Waals surface area contributed by atoms with Crippen LogP contribution < -0.4 is 14.2 Å². The van der Waals surface area contributed by atoms with Gasteiger partial charge in [-0.3, -0.25) is 4.79 Å². The lowest BCUT2D eigenvalue weighted by molar-refractivity contribution is 0.0472. The number of methoxy groups -OCH3 is 2. The molecule has 0 fully saturated rings. The minimum absolute atomic E-state index is 0.111. The number of hydrogen-bond acceptors (Lipinski definition) is 6. The molecule has 0 N–H and O–H groups in total. The van der Waals surface area contributed by atoms with Gasteiger partial charge in [0.15, 0.2) is 6.29 Å². The third-order valence-corrected chi connectivity index (χ3v) is 5.36. The van der Waals surface area contributed by atoms with E-state index >= 15 is 0 Å². The molecule has 0 saturated heterocycles. The molecule has 0 spiro atoms. The number of carbonyl (C=O) groups is 2. The summed E-state index contributed by atoms with van der Waals surface area (Å²) < 4.78 is 21.9. The Morgan fingerprint density at radius 3 is 1.82 bits per heavy atom. The Hall–Kier alpha value is -3.80. The second kappa shape index (κ2) is 10.9. The number of rotatable bonds is 9. The Bertz CT molecular complexity index is 1130. The van der Waals surface area contributed by atoms with Crippen molar-refractivity contribution in [1.29, 1.82) is 0 Å². The highest BCUT2D eigenvalue weighted by atomic mass is 16.5. The minimum Gasteiger partial charge on any atom is -0.497 e. The predicted molar refractivity (Wildman–Crippen MR) is 130 cm³/mol. The van der Waals surface area contributed by atoms with Crippen molar-refractivity contribution in [2.75, 3.05) is 14.2 Å². The van der Waals surface area contributed by atoms with Gasteiger partial charge in [0.1, 0.15) is 30.5 Å². The molecule has 0 bridgehead atoms. The minimum atomic E-state index is -0.508. The smallest absolute Gasteiger partial charge is 0.338 e. The monoisotopic (exact) mass is 462 g/mol. The maximum absolute atomic E-state index is 12.8. The van der Waals surface area contributed by atoms with Crippen molar-refractivity contribution >= 4 is 12.3 Å². The Labute approximate surface area is 200 Å². The van der Waals surface area contributed by atoms with Gasteiger partial charge in [0.2, 0.25) is 0 Å². The normalized spacial score (nSPS) is 11.0. The van der Waals surface area contributed by atoms with Crippen molar-refractivity contribution in [2.45, 2.75) is 39.4 Å². The summed E-state index contributed by atoms with van der Waals surface area (Å²) >= 11 is 0. The fraction of sp³-hybridized carbons (Fsp3) is 0.286. The van der Waals surface area contributed by atoms with Gasteiger partial charge in [-0.25, -0.2) is 4.79 Å². The summed E-state index contributed by atoms with van der Waals surface area (Å²) in [5.74, 6) is 1.44. The first-order valence-electron chi connectivity index (χ1n) is 10.9. The molecular formula is C28H30O6. The lowest BCUT2D eigenvalue weighted by atomic mass is 9.84. The van der Waals surface area contributed by atoms with Crippen LogP contribution in [0.5, 0.6) is 17.2 Å². The summed E-state index contributed by atoms with van der Waals surface area (Å²) in [6, 6.07) is 18.1. The van der Waals surface area contributed by atoms with Crippen LogP contribution in [0.2, 0.25) is 0 Å². The highest BCUT2D eigenvalue weighted by molar-refractivity contribution is 5.93. The molecule has 3 aromatic carbocycles. The largest absolute Gasteiger partial charge is 0.497 e. The Balaban J connectivity index is 1.83. The maximum Gasteiger partial charge on any atom is 0.338 e. The van der Waals surface area contributed by atoms with E-state index in [0.29, 0.717) is 23.2 Å². The van der Waals surface area contributed by atoms with Crippen LogP contribution in [0.25, 0.3) is 0 Å². The molecule has 0 aliphatic rings. The standard InChI is InChI=1S/C28H30O6/c1-28(2,3)25-15-21(27(30)34-18-20-8-12-24(32-5)13-9-20)14-22(16-29)26(25)33-17-19-6-10-23(31-4)11-7-19/h6-16H,17-18H2,1-5H3. The first kappa shape index (κ1) is 24.8. The molecule has 0 heterocycles. The van der Waals surface area contributed by atoms with Crippen molar-refractivity contribution in [3.63, 3.8) is 0 Å². The molecule has 34 heavy (non-hydrogen) atoms. The third-order valence-electron chi connectivity index (χ3n) is 5.36. The summed E-state index contributed by atoms with van der Waals surface area (Å²) in [6.07, 6.45) is 0.707. The van der Waals surface area contributed by atoms with E-state index in [-0.39, 0.29) is 18.6 Å². The molecule has 0 aromatic heterocycles. The molecule has 0 aliphatic carbocycles. The first-order chi connectivity index (χ1) is 16.2. The molecule has 0 aliphatic heterocycles. The number of hydrogen-bond donors (Lipinski definition) is 0. The van der Waals surface area contributed by atoms with E-state index < -0.39 is 5.97 Å². The van der Waals surface area contributed by atoms with Crippen molar-refractivity contribution < 1.29 is 28.5 Å². The molecular weight excluding hydrogens is 432 g/mol. The molecule has 0 radical (unpaired) electrons. The van der Waals surface area contributed by atoms with Gasteiger partial charge in [-0.15, -0.1) is 0 Å². The van der Waals surface area contributed by atoms with Crippen LogP contribution in [-0.4, -0.2) is 26.5 Å². The number of carbonyl (C=O) groups excluding carboxylic acids is 2. The van der Waals surface area contributed by atoms with Crippen LogP contribution in [-0.2, 0) is 23.4 Å². The molecule has 6 heteroatoms. The summed E-state index contributed by atoms with van der Waals surface area (Å²) in [7, 11) is 3.21. The van der Waals surface area contributed by atoms with Gasteiger partial charge in [0.05, 0.1) is 25.3 Å². The van der Waals surface area contributed by atoms with Crippen LogP contribution in [0.15, 0.2) is 60.7 Å². The van der Waals surface area contributed by atoms with Crippen LogP contribution >= 0.6 is 0 Å². The van der Waals surface area contributed by atoms with Gasteiger partial charge >= 0.3 is 5.97 Å². The van der Waals surface area contributed by atoms with E-state index in [1.54, 1.807) is 32.4 Å². The lowest BCUT2D eigenvalue weighted by Crippen LogP contribution is -2.17. The predicted octanol–water partition coefficient (Wildman–Crippen LogP) is 5.75. The number of esters is 1. The second-order valence-electron chi connectivity index (χ2n) is 8.87. The quantitative estimate of drug-likeness (QED) is 0.298. The van der Waals surface area contributed by atoms with E-state index in [1.807, 2.05) is 57.2 Å². The van der Waals surface area contributed by atoms with E-state index in [1.165, 1.54) is 6.07 Å². The van der Waals surface area contributed by atoms with Gasteiger partial charge in [0, 0.05) is 5.56 Å². The number of aldehydes is 1. The summed E-state index contributed by atoms with van der Waals surface area (Å²) in [5.41, 5.74) is 2.75. The second-order valence-corrected chi connectivity index (χ2v) is 8.87. The highest BCUT2D eigenvalue weighted by Crippen LogP contribution is 2.36. The molecule has 6 nitrogen and oxygen atoms in total. The van der Waals surface area contributed by atoms with E-state index in [2.05, 4.69) is 0 Å². The van der Waals surface area contributed by atoms with Gasteiger partial charge in [-0.2, -0.15) is 0 Å². The van der Waals surface area contributed by atoms with Crippen LogP contribution in [0.1, 0.15) is 58.2 Å². The SMILES string of the molecule is COc1ccc(COC(=O)c2cc(C=O)c(OCc3ccc(OC)cc3)c(C(C)(C)C)c2)cc1. The molecule has 3 aromatic rings. The Morgan fingerprint density at radius 1 is 0.824 bits per heavy atom. The first-order valence-corrected chi connectivity index (χ1v) is 10.9. The van der Waals surface area contributed by atoms with Crippen molar-refractivity contribution in [2.24, 2.45) is 0 Å². The van der Waals surface area contributed by atoms with Gasteiger partial charge < -0.3 is 18.9 Å². The van der Waals surface area contributed by atoms with Crippen molar-refractivity contribution in [3.8, 4) is 17.2 Å². The third kappa shape index (κ3) is 6.16. The van der Waals surface area contributed by atoms with Crippen molar-refractivity contribution in [3.05, 3.63) is 88.5 Å². The zero-order valence-corrected chi connectivity index (χ0v) is 20.2. The molecule has 0 amide bonds. The zero-order chi connectivity index (χ0) is 24.7. The number of benzene rings is 3. The van der Waals surface area contributed by atoms with Crippen LogP contribution in [0.4, 0.5) is 0 Å². The summed E-state index contributed by atoms with van der Waals surface area (Å²) in [5, 5.41) is 0. The Morgan fingerprint density at radius 2 is 1.35 bits per heavy atom. The zero-order valence-electron chi connectivity index (χ0n) is 20.2. The Kier molecular flexibility index (Phi) is 7.95. The molecule has 0 saturated carbocycles. The van der Waals surface area contributed by atoms with E-state index in [4.69, 9.17) is 18.9 Å².